The summed E-state index contributed by atoms with van der Waals surface area (Å²) >= 11 is 0. The predicted octanol–water partition coefficient (Wildman–Crippen LogP) is -0.279. The van der Waals surface area contributed by atoms with Crippen LogP contribution in [0.15, 0.2) is 36.4 Å². The summed E-state index contributed by atoms with van der Waals surface area (Å²) in [5.74, 6) is 0.454. The Bertz CT molecular complexity index is 1100. The normalized spacial score (nSPS) is 24.5. The Labute approximate surface area is 231 Å². The third-order valence-corrected chi connectivity index (χ3v) is 6.35. The maximum Gasteiger partial charge on any atom is 0.204 e. The molecular formula is C27H36O13. The van der Waals surface area contributed by atoms with Crippen molar-refractivity contribution in [1.82, 2.24) is 0 Å². The van der Waals surface area contributed by atoms with Gasteiger partial charge in [-0.25, -0.2) is 0 Å². The Kier molecular flexibility index (Phi) is 11.4. The standard InChI is InChI=1S/C27H36O13/c1-35-17-11-15(6-7-16(17)31)25(40-27-24(34)23(33)22(32)20(12-29)39-27)21(13-30)38-26-18(36-2)9-14(5-4-8-28)10-19(26)37-3/h4-7,9-11,20-25,27-34H,8,12-13H2,1-3H3. The summed E-state index contributed by atoms with van der Waals surface area (Å²) in [6, 6.07) is 7.46. The third kappa shape index (κ3) is 6.95. The van der Waals surface area contributed by atoms with Gasteiger partial charge in [-0.05, 0) is 35.4 Å². The molecule has 13 nitrogen and oxygen atoms in total. The number of aliphatic hydroxyl groups is 6. The fraction of sp³-hybridized carbons (Fsp3) is 0.481. The number of rotatable bonds is 13. The second-order valence-corrected chi connectivity index (χ2v) is 8.86. The summed E-state index contributed by atoms with van der Waals surface area (Å²) in [5, 5.41) is 70.3. The van der Waals surface area contributed by atoms with Gasteiger partial charge in [-0.2, -0.15) is 0 Å². The number of aromatic hydroxyl groups is 1. The molecule has 0 radical (unpaired) electrons. The first-order chi connectivity index (χ1) is 19.2. The highest BCUT2D eigenvalue weighted by Crippen LogP contribution is 2.42. The molecule has 0 aromatic heterocycles. The molecule has 2 aromatic carbocycles. The molecule has 1 heterocycles. The lowest BCUT2D eigenvalue weighted by Crippen LogP contribution is -2.59. The highest BCUT2D eigenvalue weighted by atomic mass is 16.7. The molecule has 0 spiro atoms. The Hall–Kier alpha value is -3.14. The van der Waals surface area contributed by atoms with Crippen LogP contribution in [-0.2, 0) is 9.47 Å². The molecule has 3 rings (SSSR count). The molecule has 7 atom stereocenters. The number of ether oxygens (including phenoxy) is 6. The van der Waals surface area contributed by atoms with Crippen molar-refractivity contribution in [2.75, 3.05) is 41.2 Å². The molecule has 0 saturated carbocycles. The van der Waals surface area contributed by atoms with E-state index in [0.717, 1.165) is 0 Å². The lowest BCUT2D eigenvalue weighted by molar-refractivity contribution is -0.318. The van der Waals surface area contributed by atoms with E-state index >= 15 is 0 Å². The average molecular weight is 569 g/mol. The van der Waals surface area contributed by atoms with Gasteiger partial charge in [0.15, 0.2) is 35.4 Å². The van der Waals surface area contributed by atoms with Crippen molar-refractivity contribution in [1.29, 1.82) is 0 Å². The highest BCUT2D eigenvalue weighted by Gasteiger charge is 2.46. The van der Waals surface area contributed by atoms with Crippen molar-refractivity contribution in [2.24, 2.45) is 0 Å². The van der Waals surface area contributed by atoms with Gasteiger partial charge in [0.05, 0.1) is 41.2 Å². The molecule has 1 aliphatic rings. The second kappa shape index (κ2) is 14.5. The van der Waals surface area contributed by atoms with Crippen molar-refractivity contribution < 1.29 is 64.2 Å². The molecule has 40 heavy (non-hydrogen) atoms. The van der Waals surface area contributed by atoms with Gasteiger partial charge in [0.25, 0.3) is 0 Å². The molecule has 1 fully saturated rings. The number of hydrogen-bond donors (Lipinski definition) is 7. The summed E-state index contributed by atoms with van der Waals surface area (Å²) in [7, 11) is 4.15. The van der Waals surface area contributed by atoms with Crippen LogP contribution in [0.3, 0.4) is 0 Å². The topological polar surface area (TPSA) is 197 Å². The number of phenolic OH excluding ortho intramolecular Hbond substituents is 1. The van der Waals surface area contributed by atoms with Gasteiger partial charge in [-0.15, -0.1) is 0 Å². The van der Waals surface area contributed by atoms with Crippen LogP contribution in [0.4, 0.5) is 0 Å². The third-order valence-electron chi connectivity index (χ3n) is 6.35. The van der Waals surface area contributed by atoms with Crippen molar-refractivity contribution in [3.63, 3.8) is 0 Å². The van der Waals surface area contributed by atoms with E-state index in [0.29, 0.717) is 11.1 Å². The highest BCUT2D eigenvalue weighted by molar-refractivity contribution is 5.62. The van der Waals surface area contributed by atoms with E-state index in [4.69, 9.17) is 33.5 Å². The molecule has 2 aromatic rings. The molecule has 7 unspecified atom stereocenters. The van der Waals surface area contributed by atoms with Crippen LogP contribution in [-0.4, -0.2) is 114 Å². The Morgan fingerprint density at radius 1 is 0.875 bits per heavy atom. The smallest absolute Gasteiger partial charge is 0.204 e. The molecule has 1 saturated heterocycles. The van der Waals surface area contributed by atoms with E-state index in [1.54, 1.807) is 18.2 Å². The van der Waals surface area contributed by atoms with Crippen molar-refractivity contribution in [3.05, 3.63) is 47.5 Å². The summed E-state index contributed by atoms with van der Waals surface area (Å²) in [6.45, 7) is -1.50. The van der Waals surface area contributed by atoms with Crippen molar-refractivity contribution >= 4 is 6.08 Å². The molecule has 222 valence electrons. The average Bonchev–Trinajstić information content (AvgIpc) is 2.97. The van der Waals surface area contributed by atoms with Gasteiger partial charge in [-0.3, -0.25) is 0 Å². The van der Waals surface area contributed by atoms with Crippen LogP contribution in [0.2, 0.25) is 0 Å². The van der Waals surface area contributed by atoms with E-state index in [-0.39, 0.29) is 35.4 Å². The SMILES string of the molecule is COc1cc(C(OC2OC(CO)C(O)C(O)C2O)C(CO)Oc2c(OC)cc(C=CCO)cc2OC)ccc1O. The number of methoxy groups -OCH3 is 3. The van der Waals surface area contributed by atoms with Crippen molar-refractivity contribution in [3.8, 4) is 28.7 Å². The molecule has 7 N–H and O–H groups in total. The summed E-state index contributed by atoms with van der Waals surface area (Å²) < 4.78 is 33.9. The van der Waals surface area contributed by atoms with E-state index < -0.39 is 56.1 Å². The lowest BCUT2D eigenvalue weighted by atomic mass is 9.98. The molecule has 1 aliphatic heterocycles. The van der Waals surface area contributed by atoms with Crippen molar-refractivity contribution in [2.45, 2.75) is 42.9 Å². The zero-order valence-electron chi connectivity index (χ0n) is 22.3. The first kappa shape index (κ1) is 31.4. The van der Waals surface area contributed by atoms with Crippen LogP contribution < -0.4 is 18.9 Å². The minimum atomic E-state index is -1.74. The Morgan fingerprint density at radius 3 is 2.08 bits per heavy atom. The molecule has 13 heteroatoms. The minimum absolute atomic E-state index is 0.0757. The van der Waals surface area contributed by atoms with E-state index in [9.17, 15) is 30.6 Å². The van der Waals surface area contributed by atoms with Crippen LogP contribution in [0.1, 0.15) is 17.2 Å². The van der Waals surface area contributed by atoms with Gasteiger partial charge >= 0.3 is 0 Å². The monoisotopic (exact) mass is 568 g/mol. The number of hydrogen-bond acceptors (Lipinski definition) is 13. The summed E-state index contributed by atoms with van der Waals surface area (Å²) in [5.41, 5.74) is 0.944. The van der Waals surface area contributed by atoms with E-state index in [1.165, 1.54) is 45.6 Å². The van der Waals surface area contributed by atoms with Gasteiger partial charge in [0.2, 0.25) is 5.75 Å². The first-order valence-electron chi connectivity index (χ1n) is 12.4. The molecule has 0 amide bonds. The van der Waals surface area contributed by atoms with Crippen LogP contribution in [0.5, 0.6) is 28.7 Å². The summed E-state index contributed by atoms with van der Waals surface area (Å²) in [6.07, 6.45) is -7.19. The lowest BCUT2D eigenvalue weighted by Gasteiger charge is -2.41. The summed E-state index contributed by atoms with van der Waals surface area (Å²) in [4.78, 5) is 0. The maximum absolute atomic E-state index is 10.6. The first-order valence-corrected chi connectivity index (χ1v) is 12.4. The Balaban J connectivity index is 2.06. The zero-order valence-corrected chi connectivity index (χ0v) is 22.3. The van der Waals surface area contributed by atoms with Gasteiger partial charge in [0, 0.05) is 0 Å². The maximum atomic E-state index is 10.6. The van der Waals surface area contributed by atoms with Gasteiger partial charge in [0.1, 0.15) is 30.5 Å². The molecule has 0 aliphatic carbocycles. The fourth-order valence-corrected chi connectivity index (χ4v) is 4.22. The zero-order chi connectivity index (χ0) is 29.4. The predicted molar refractivity (Wildman–Crippen MR) is 139 cm³/mol. The molecular weight excluding hydrogens is 532 g/mol. The second-order valence-electron chi connectivity index (χ2n) is 8.86. The minimum Gasteiger partial charge on any atom is -0.504 e. The Morgan fingerprint density at radius 2 is 1.52 bits per heavy atom. The number of aliphatic hydroxyl groups excluding tert-OH is 6. The quantitative estimate of drug-likeness (QED) is 0.167. The number of benzene rings is 2. The van der Waals surface area contributed by atoms with Crippen LogP contribution >= 0.6 is 0 Å². The number of phenols is 1. The van der Waals surface area contributed by atoms with Gasteiger partial charge < -0.3 is 64.2 Å². The van der Waals surface area contributed by atoms with Crippen LogP contribution in [0, 0.1) is 0 Å². The van der Waals surface area contributed by atoms with E-state index in [1.807, 2.05) is 0 Å². The fourth-order valence-electron chi connectivity index (χ4n) is 4.22. The molecule has 0 bridgehead atoms. The van der Waals surface area contributed by atoms with Gasteiger partial charge in [-0.1, -0.05) is 18.2 Å². The van der Waals surface area contributed by atoms with E-state index in [2.05, 4.69) is 0 Å². The largest absolute Gasteiger partial charge is 0.504 e. The van der Waals surface area contributed by atoms with Crippen LogP contribution in [0.25, 0.3) is 6.08 Å².